The van der Waals surface area contributed by atoms with Gasteiger partial charge < -0.3 is 20.9 Å². The lowest BCUT2D eigenvalue weighted by Gasteiger charge is -2.20. The second-order valence-corrected chi connectivity index (χ2v) is 5.44. The monoisotopic (exact) mass is 318 g/mol. The fraction of sp³-hybridized carbons (Fsp3) is 0.438. The van der Waals surface area contributed by atoms with Crippen LogP contribution in [0.25, 0.3) is 0 Å². The summed E-state index contributed by atoms with van der Waals surface area (Å²) in [4.78, 5) is 12.2. The zero-order chi connectivity index (χ0) is 16.7. The Bertz CT molecular complexity index is 603. The van der Waals surface area contributed by atoms with Crippen LogP contribution in [0.15, 0.2) is 28.4 Å². The van der Waals surface area contributed by atoms with Crippen molar-refractivity contribution in [2.24, 2.45) is 27.6 Å². The number of guanidine groups is 1. The van der Waals surface area contributed by atoms with E-state index in [1.165, 1.54) is 19.7 Å². The van der Waals surface area contributed by atoms with Crippen LogP contribution in [0.4, 0.5) is 0 Å². The number of rotatable bonds is 5. The Morgan fingerprint density at radius 1 is 1.22 bits per heavy atom. The molecule has 4 N–H and O–H groups in total. The third kappa shape index (κ3) is 4.98. The number of hydrogen-bond donors (Lipinski definition) is 2. The van der Waals surface area contributed by atoms with E-state index in [4.69, 9.17) is 20.9 Å². The topological polar surface area (TPSA) is 112 Å². The van der Waals surface area contributed by atoms with Crippen molar-refractivity contribution in [3.63, 3.8) is 0 Å². The van der Waals surface area contributed by atoms with Crippen LogP contribution in [0.1, 0.15) is 37.7 Å². The number of esters is 1. The van der Waals surface area contributed by atoms with E-state index in [0.717, 1.165) is 31.2 Å². The molecule has 0 amide bonds. The van der Waals surface area contributed by atoms with E-state index in [-0.39, 0.29) is 17.8 Å². The van der Waals surface area contributed by atoms with Crippen LogP contribution in [-0.4, -0.2) is 25.3 Å². The zero-order valence-corrected chi connectivity index (χ0v) is 13.2. The molecular formula is C16H22N4O3. The van der Waals surface area contributed by atoms with Crippen LogP contribution in [0.5, 0.6) is 11.5 Å². The summed E-state index contributed by atoms with van der Waals surface area (Å²) in [6.07, 6.45) is 6.62. The van der Waals surface area contributed by atoms with Crippen molar-refractivity contribution in [1.29, 1.82) is 0 Å². The van der Waals surface area contributed by atoms with Crippen LogP contribution in [0.3, 0.4) is 0 Å². The van der Waals surface area contributed by atoms with Crippen molar-refractivity contribution in [2.75, 3.05) is 7.11 Å². The number of nitrogens with two attached hydrogens (primary N) is 2. The minimum atomic E-state index is -0.190. The molecule has 1 fully saturated rings. The van der Waals surface area contributed by atoms with Gasteiger partial charge in [-0.15, -0.1) is 5.10 Å². The Hall–Kier alpha value is -2.57. The highest BCUT2D eigenvalue weighted by atomic mass is 16.6. The van der Waals surface area contributed by atoms with E-state index in [1.807, 2.05) is 0 Å². The predicted molar refractivity (Wildman–Crippen MR) is 88.6 cm³/mol. The SMILES string of the molecule is COc1cc(C=NN=C(N)N)ccc1OC(=O)C1CCCCC1. The molecule has 0 bridgehead atoms. The molecule has 1 aliphatic carbocycles. The summed E-state index contributed by atoms with van der Waals surface area (Å²) >= 11 is 0. The van der Waals surface area contributed by atoms with Crippen LogP contribution >= 0.6 is 0 Å². The number of methoxy groups -OCH3 is 1. The van der Waals surface area contributed by atoms with Crippen molar-refractivity contribution >= 4 is 18.1 Å². The lowest BCUT2D eigenvalue weighted by atomic mass is 9.89. The quantitative estimate of drug-likeness (QED) is 0.282. The highest BCUT2D eigenvalue weighted by Gasteiger charge is 2.23. The van der Waals surface area contributed by atoms with E-state index >= 15 is 0 Å². The van der Waals surface area contributed by atoms with E-state index in [1.54, 1.807) is 18.2 Å². The summed E-state index contributed by atoms with van der Waals surface area (Å²) in [5.41, 5.74) is 11.1. The molecule has 1 aromatic carbocycles. The summed E-state index contributed by atoms with van der Waals surface area (Å²) in [6.45, 7) is 0. The molecule has 0 radical (unpaired) electrons. The van der Waals surface area contributed by atoms with Gasteiger partial charge >= 0.3 is 5.97 Å². The summed E-state index contributed by atoms with van der Waals surface area (Å²) in [7, 11) is 1.52. The van der Waals surface area contributed by atoms with E-state index in [0.29, 0.717) is 11.5 Å². The average molecular weight is 318 g/mol. The molecular weight excluding hydrogens is 296 g/mol. The Morgan fingerprint density at radius 3 is 2.61 bits per heavy atom. The molecule has 0 unspecified atom stereocenters. The first-order chi connectivity index (χ1) is 11.1. The maximum absolute atomic E-state index is 12.2. The first-order valence-electron chi connectivity index (χ1n) is 7.62. The van der Waals surface area contributed by atoms with Crippen molar-refractivity contribution in [3.05, 3.63) is 23.8 Å². The molecule has 2 rings (SSSR count). The van der Waals surface area contributed by atoms with E-state index in [2.05, 4.69) is 10.2 Å². The Labute approximate surface area is 135 Å². The number of benzene rings is 1. The maximum Gasteiger partial charge on any atom is 0.314 e. The second kappa shape index (κ2) is 8.17. The number of carbonyl (C=O) groups is 1. The van der Waals surface area contributed by atoms with Gasteiger partial charge in [0.15, 0.2) is 11.5 Å². The predicted octanol–water partition coefficient (Wildman–Crippen LogP) is 1.79. The summed E-state index contributed by atoms with van der Waals surface area (Å²) in [5.74, 6) is 0.539. The van der Waals surface area contributed by atoms with E-state index in [9.17, 15) is 4.79 Å². The van der Waals surface area contributed by atoms with Crippen LogP contribution in [0, 0.1) is 5.92 Å². The van der Waals surface area contributed by atoms with Gasteiger partial charge in [0.25, 0.3) is 0 Å². The molecule has 0 heterocycles. The molecule has 0 aliphatic heterocycles. The van der Waals surface area contributed by atoms with Gasteiger partial charge in [0.2, 0.25) is 5.96 Å². The fourth-order valence-electron chi connectivity index (χ4n) is 2.54. The molecule has 0 atom stereocenters. The van der Waals surface area contributed by atoms with Gasteiger partial charge in [0.1, 0.15) is 0 Å². The number of ether oxygens (including phenoxy) is 2. The molecule has 23 heavy (non-hydrogen) atoms. The van der Waals surface area contributed by atoms with Crippen molar-refractivity contribution in [3.8, 4) is 11.5 Å². The smallest absolute Gasteiger partial charge is 0.314 e. The van der Waals surface area contributed by atoms with Gasteiger partial charge in [-0.25, -0.2) is 0 Å². The maximum atomic E-state index is 12.2. The van der Waals surface area contributed by atoms with Gasteiger partial charge in [-0.3, -0.25) is 4.79 Å². The third-order valence-corrected chi connectivity index (χ3v) is 3.72. The molecule has 7 heteroatoms. The molecule has 0 aromatic heterocycles. The number of carbonyl (C=O) groups excluding carboxylic acids is 1. The first kappa shape index (κ1) is 16.8. The lowest BCUT2D eigenvalue weighted by Crippen LogP contribution is -2.23. The summed E-state index contributed by atoms with van der Waals surface area (Å²) < 4.78 is 10.8. The van der Waals surface area contributed by atoms with Crippen LogP contribution in [-0.2, 0) is 4.79 Å². The van der Waals surface area contributed by atoms with Crippen LogP contribution in [0.2, 0.25) is 0 Å². The Morgan fingerprint density at radius 2 is 1.96 bits per heavy atom. The molecule has 1 aliphatic rings. The molecule has 7 nitrogen and oxygen atoms in total. The first-order valence-corrected chi connectivity index (χ1v) is 7.62. The average Bonchev–Trinajstić information content (AvgIpc) is 2.56. The Balaban J connectivity index is 2.08. The normalized spacial score (nSPS) is 15.3. The van der Waals surface area contributed by atoms with Gasteiger partial charge in [-0.1, -0.05) is 19.3 Å². The summed E-state index contributed by atoms with van der Waals surface area (Å²) in [6, 6.07) is 5.13. The third-order valence-electron chi connectivity index (χ3n) is 3.72. The second-order valence-electron chi connectivity index (χ2n) is 5.44. The highest BCUT2D eigenvalue weighted by Crippen LogP contribution is 2.31. The van der Waals surface area contributed by atoms with E-state index < -0.39 is 0 Å². The number of hydrogen-bond acceptors (Lipinski definition) is 5. The molecule has 1 saturated carbocycles. The Kier molecular flexibility index (Phi) is 5.96. The van der Waals surface area contributed by atoms with Crippen molar-refractivity contribution in [1.82, 2.24) is 0 Å². The van der Waals surface area contributed by atoms with Gasteiger partial charge in [-0.05, 0) is 36.6 Å². The molecule has 1 aromatic rings. The number of nitrogens with zero attached hydrogens (tertiary/aromatic N) is 2. The van der Waals surface area contributed by atoms with Gasteiger partial charge in [-0.2, -0.15) is 5.10 Å². The molecule has 124 valence electrons. The van der Waals surface area contributed by atoms with Gasteiger partial charge in [0.05, 0.1) is 19.2 Å². The minimum absolute atomic E-state index is 0.0171. The molecule has 0 spiro atoms. The molecule has 0 saturated heterocycles. The van der Waals surface area contributed by atoms with Gasteiger partial charge in [0, 0.05) is 0 Å². The minimum Gasteiger partial charge on any atom is -0.493 e. The standard InChI is InChI=1S/C16H22N4O3/c1-22-14-9-11(10-19-20-16(17)18)7-8-13(14)23-15(21)12-5-3-2-4-6-12/h7-10,12H,2-6H2,1H3,(H4,17,18,20). The summed E-state index contributed by atoms with van der Waals surface area (Å²) in [5, 5.41) is 7.25. The van der Waals surface area contributed by atoms with Crippen molar-refractivity contribution in [2.45, 2.75) is 32.1 Å². The highest BCUT2D eigenvalue weighted by molar-refractivity contribution is 5.83. The zero-order valence-electron chi connectivity index (χ0n) is 13.2. The lowest BCUT2D eigenvalue weighted by molar-refractivity contribution is -0.140. The van der Waals surface area contributed by atoms with Crippen molar-refractivity contribution < 1.29 is 14.3 Å². The largest absolute Gasteiger partial charge is 0.493 e. The van der Waals surface area contributed by atoms with Crippen LogP contribution < -0.4 is 20.9 Å². The fourth-order valence-corrected chi connectivity index (χ4v) is 2.54.